The van der Waals surface area contributed by atoms with Crippen LogP contribution in [0.1, 0.15) is 69.9 Å². The predicted molar refractivity (Wildman–Crippen MR) is 173 cm³/mol. The van der Waals surface area contributed by atoms with E-state index in [1.165, 1.54) is 31.9 Å². The number of anilines is 3. The van der Waals surface area contributed by atoms with Crippen molar-refractivity contribution in [2.75, 3.05) is 87.7 Å². The second-order valence-electron chi connectivity index (χ2n) is 12.4. The fourth-order valence-electron chi connectivity index (χ4n) is 6.36. The second kappa shape index (κ2) is 16.9. The number of amides is 2. The van der Waals surface area contributed by atoms with Crippen LogP contribution in [-0.4, -0.2) is 119 Å². The zero-order valence-electron chi connectivity index (χ0n) is 27.0. The molecule has 2 aromatic heterocycles. The van der Waals surface area contributed by atoms with Gasteiger partial charge in [0.05, 0.1) is 18.8 Å². The fraction of sp³-hybridized carbons (Fsp3) is 0.710. The summed E-state index contributed by atoms with van der Waals surface area (Å²) in [5, 5.41) is 0. The highest BCUT2D eigenvalue weighted by molar-refractivity contribution is 5.84. The van der Waals surface area contributed by atoms with Gasteiger partial charge in [0.25, 0.3) is 6.43 Å². The van der Waals surface area contributed by atoms with Crippen LogP contribution in [0.4, 0.5) is 26.6 Å². The number of nitrogens with two attached hydrogens (primary N) is 2. The molecular weight excluding hydrogens is 612 g/mol. The fourth-order valence-corrected chi connectivity index (χ4v) is 6.36. The lowest BCUT2D eigenvalue weighted by atomic mass is 9.91. The molecule has 3 saturated heterocycles. The Labute approximate surface area is 274 Å². The monoisotopic (exact) mass is 659 g/mol. The van der Waals surface area contributed by atoms with Crippen molar-refractivity contribution < 1.29 is 23.1 Å². The van der Waals surface area contributed by atoms with Crippen LogP contribution in [0.5, 0.6) is 0 Å². The third kappa shape index (κ3) is 9.40. The molecule has 2 aromatic rings. The standard InChI is InChI=1S/C31H47F2N11O3/c32-27(33)26-23(21-36-29(35)37-26)28-38-30(40-31(39-28)44-17-19-47-20-18-44)43-15-13-42(14-16-43)25(46)7-6-24(45)41-11-8-22(9-12-41)5-3-1-2-4-10-34/h21-22,27H,1-20,34H2,(H2,35,36,37). The van der Waals surface area contributed by atoms with Gasteiger partial charge in [0, 0.05) is 71.4 Å². The summed E-state index contributed by atoms with van der Waals surface area (Å²) < 4.78 is 33.3. The zero-order chi connectivity index (χ0) is 33.2. The molecule has 3 fully saturated rings. The third-order valence-corrected chi connectivity index (χ3v) is 9.19. The summed E-state index contributed by atoms with van der Waals surface area (Å²) in [6, 6.07) is 0. The van der Waals surface area contributed by atoms with E-state index in [2.05, 4.69) is 24.9 Å². The molecule has 0 spiro atoms. The number of alkyl halides is 2. The molecule has 4 N–H and O–H groups in total. The Balaban J connectivity index is 1.15. The lowest BCUT2D eigenvalue weighted by Crippen LogP contribution is -2.49. The van der Waals surface area contributed by atoms with Crippen molar-refractivity contribution in [3.05, 3.63) is 11.9 Å². The van der Waals surface area contributed by atoms with E-state index in [1.807, 2.05) is 14.7 Å². The largest absolute Gasteiger partial charge is 0.378 e. The number of piperazine rings is 1. The Morgan fingerprint density at radius 2 is 1.40 bits per heavy atom. The number of rotatable bonds is 13. The number of likely N-dealkylation sites (tertiary alicyclic amines) is 1. The van der Waals surface area contributed by atoms with Gasteiger partial charge in [-0.15, -0.1) is 0 Å². The third-order valence-electron chi connectivity index (χ3n) is 9.19. The number of nitrogens with zero attached hydrogens (tertiary/aromatic N) is 9. The van der Waals surface area contributed by atoms with Crippen LogP contribution in [0.15, 0.2) is 6.20 Å². The van der Waals surface area contributed by atoms with Crippen molar-refractivity contribution >= 4 is 29.7 Å². The predicted octanol–water partition coefficient (Wildman–Crippen LogP) is 2.26. The van der Waals surface area contributed by atoms with Crippen LogP contribution in [0.2, 0.25) is 0 Å². The van der Waals surface area contributed by atoms with E-state index >= 15 is 0 Å². The Hall–Kier alpha value is -3.79. The summed E-state index contributed by atoms with van der Waals surface area (Å²) in [5.41, 5.74) is 10.6. The van der Waals surface area contributed by atoms with Crippen LogP contribution in [0.25, 0.3) is 11.4 Å². The first-order valence-electron chi connectivity index (χ1n) is 16.8. The van der Waals surface area contributed by atoms with Crippen LogP contribution < -0.4 is 21.3 Å². The van der Waals surface area contributed by atoms with Gasteiger partial charge in [-0.3, -0.25) is 9.59 Å². The number of halogens is 2. The van der Waals surface area contributed by atoms with Crippen molar-refractivity contribution in [3.63, 3.8) is 0 Å². The molecule has 0 atom stereocenters. The Morgan fingerprint density at radius 1 is 0.809 bits per heavy atom. The normalized spacial score (nSPS) is 17.9. The number of nitrogen functional groups attached to an aromatic ring is 1. The molecule has 0 aliphatic carbocycles. The molecule has 0 aromatic carbocycles. The summed E-state index contributed by atoms with van der Waals surface area (Å²) in [4.78, 5) is 54.8. The van der Waals surface area contributed by atoms with Gasteiger partial charge >= 0.3 is 0 Å². The molecule has 2 amide bonds. The van der Waals surface area contributed by atoms with E-state index in [0.29, 0.717) is 70.3 Å². The van der Waals surface area contributed by atoms with Gasteiger partial charge in [-0.25, -0.2) is 18.7 Å². The highest BCUT2D eigenvalue weighted by Crippen LogP contribution is 2.30. The van der Waals surface area contributed by atoms with Gasteiger partial charge in [-0.05, 0) is 31.7 Å². The topological polar surface area (TPSA) is 173 Å². The molecule has 3 aliphatic rings. The van der Waals surface area contributed by atoms with Crippen molar-refractivity contribution in [2.45, 2.75) is 64.2 Å². The van der Waals surface area contributed by atoms with Crippen molar-refractivity contribution in [1.29, 1.82) is 0 Å². The van der Waals surface area contributed by atoms with Crippen LogP contribution in [0.3, 0.4) is 0 Å². The van der Waals surface area contributed by atoms with Gasteiger partial charge in [0.15, 0.2) is 5.82 Å². The highest BCUT2D eigenvalue weighted by atomic mass is 19.3. The first-order chi connectivity index (χ1) is 22.8. The molecule has 16 heteroatoms. The van der Waals surface area contributed by atoms with E-state index < -0.39 is 12.1 Å². The number of ether oxygens (including phenoxy) is 1. The number of piperidine rings is 1. The number of carbonyl (C=O) groups is 2. The average Bonchev–Trinajstić information content (AvgIpc) is 3.10. The minimum atomic E-state index is -2.91. The highest BCUT2D eigenvalue weighted by Gasteiger charge is 2.28. The number of carbonyl (C=O) groups excluding carboxylic acids is 2. The second-order valence-corrected chi connectivity index (χ2v) is 12.4. The molecule has 47 heavy (non-hydrogen) atoms. The Morgan fingerprint density at radius 3 is 2.02 bits per heavy atom. The maximum Gasteiger partial charge on any atom is 0.281 e. The van der Waals surface area contributed by atoms with E-state index in [0.717, 1.165) is 38.9 Å². The van der Waals surface area contributed by atoms with Crippen molar-refractivity contribution in [1.82, 2.24) is 34.7 Å². The summed E-state index contributed by atoms with van der Waals surface area (Å²) >= 11 is 0. The molecule has 3 aliphatic heterocycles. The summed E-state index contributed by atoms with van der Waals surface area (Å²) in [6.45, 7) is 6.05. The minimum absolute atomic E-state index is 0.0200. The smallest absolute Gasteiger partial charge is 0.281 e. The lowest BCUT2D eigenvalue weighted by Gasteiger charge is -2.36. The maximum atomic E-state index is 13.9. The molecule has 0 unspecified atom stereocenters. The summed E-state index contributed by atoms with van der Waals surface area (Å²) in [5.74, 6) is 1.07. The first-order valence-corrected chi connectivity index (χ1v) is 16.8. The van der Waals surface area contributed by atoms with Gasteiger partial charge in [-0.2, -0.15) is 15.0 Å². The van der Waals surface area contributed by atoms with Gasteiger partial charge < -0.3 is 35.8 Å². The Bertz CT molecular complexity index is 1330. The average molecular weight is 660 g/mol. The van der Waals surface area contributed by atoms with Gasteiger partial charge in [-0.1, -0.05) is 25.7 Å². The maximum absolute atomic E-state index is 13.9. The molecule has 0 bridgehead atoms. The number of aromatic nitrogens is 5. The first kappa shape index (κ1) is 34.5. The number of unbranched alkanes of at least 4 members (excludes halogenated alkanes) is 3. The van der Waals surface area contributed by atoms with E-state index in [9.17, 15) is 18.4 Å². The molecule has 0 radical (unpaired) electrons. The van der Waals surface area contributed by atoms with Crippen LogP contribution in [-0.2, 0) is 14.3 Å². The van der Waals surface area contributed by atoms with Crippen LogP contribution >= 0.6 is 0 Å². The summed E-state index contributed by atoms with van der Waals surface area (Å²) in [7, 11) is 0. The zero-order valence-corrected chi connectivity index (χ0v) is 27.0. The van der Waals surface area contributed by atoms with Gasteiger partial charge in [0.2, 0.25) is 29.7 Å². The molecule has 14 nitrogen and oxygen atoms in total. The lowest BCUT2D eigenvalue weighted by molar-refractivity contribution is -0.138. The molecule has 0 saturated carbocycles. The molecule has 5 heterocycles. The molecule has 258 valence electrons. The summed E-state index contributed by atoms with van der Waals surface area (Å²) in [6.07, 6.45) is 6.67. The van der Waals surface area contributed by atoms with E-state index in [-0.39, 0.29) is 42.0 Å². The van der Waals surface area contributed by atoms with Gasteiger partial charge in [0.1, 0.15) is 5.69 Å². The van der Waals surface area contributed by atoms with E-state index in [4.69, 9.17) is 16.2 Å². The Kier molecular flexibility index (Phi) is 12.4. The SMILES string of the molecule is NCCCCCCC1CCN(C(=O)CCC(=O)N2CCN(c3nc(-c4cnc(N)nc4C(F)F)nc(N4CCOCC4)n3)CC2)CC1. The number of morpholine rings is 1. The number of hydrogen-bond donors (Lipinski definition) is 2. The molecular formula is C31H47F2N11O3. The van der Waals surface area contributed by atoms with Crippen molar-refractivity contribution in [2.24, 2.45) is 11.7 Å². The molecule has 5 rings (SSSR count). The number of hydrogen-bond acceptors (Lipinski definition) is 12. The minimum Gasteiger partial charge on any atom is -0.378 e. The van der Waals surface area contributed by atoms with Crippen molar-refractivity contribution in [3.8, 4) is 11.4 Å². The van der Waals surface area contributed by atoms with Crippen LogP contribution in [0, 0.1) is 5.92 Å². The van der Waals surface area contributed by atoms with E-state index in [1.54, 1.807) is 4.90 Å². The quantitative estimate of drug-likeness (QED) is 0.301.